The fraction of sp³-hybridized carbons (Fsp3) is 0.278. The number of nitrogens with two attached hydrogens (primary N) is 1. The lowest BCUT2D eigenvalue weighted by atomic mass is 10.0. The number of hydrogen-bond donors (Lipinski definition) is 2. The van der Waals surface area contributed by atoms with Crippen molar-refractivity contribution in [3.8, 4) is 0 Å². The van der Waals surface area contributed by atoms with Crippen molar-refractivity contribution < 1.29 is 4.79 Å². The maximum absolute atomic E-state index is 12.5. The van der Waals surface area contributed by atoms with E-state index in [0.717, 1.165) is 35.2 Å². The Morgan fingerprint density at radius 1 is 1.19 bits per heavy atom. The molecule has 1 unspecified atom stereocenters. The predicted molar refractivity (Wildman–Crippen MR) is 85.3 cm³/mol. The molecule has 3 rings (SSSR count). The number of amides is 1. The van der Waals surface area contributed by atoms with E-state index < -0.39 is 0 Å². The topological polar surface area (TPSA) is 55.1 Å². The number of hydrogen-bond acceptors (Lipinski definition) is 2. The Labute approximate surface area is 125 Å². The number of carbonyl (C=O) groups excluding carboxylic acids is 1. The molecule has 2 aromatic carbocycles. The Balaban J connectivity index is 1.82. The summed E-state index contributed by atoms with van der Waals surface area (Å²) in [5.74, 6) is 0.00544. The summed E-state index contributed by atoms with van der Waals surface area (Å²) < 4.78 is 0. The fourth-order valence-electron chi connectivity index (χ4n) is 3.00. The molecule has 0 saturated heterocycles. The first kappa shape index (κ1) is 13.7. The normalized spacial score (nSPS) is 16.6. The minimum Gasteiger partial charge on any atom is -0.399 e. The second kappa shape index (κ2) is 5.24. The van der Waals surface area contributed by atoms with Crippen LogP contribution in [0.2, 0.25) is 0 Å². The Hall–Kier alpha value is -2.29. The number of benzene rings is 2. The molecule has 0 fully saturated rings. The van der Waals surface area contributed by atoms with Gasteiger partial charge in [-0.3, -0.25) is 4.79 Å². The zero-order valence-electron chi connectivity index (χ0n) is 12.4. The maximum atomic E-state index is 12.5. The Morgan fingerprint density at radius 3 is 2.81 bits per heavy atom. The molecule has 1 amide bonds. The lowest BCUT2D eigenvalue weighted by molar-refractivity contribution is 0.0936. The summed E-state index contributed by atoms with van der Waals surface area (Å²) in [6.45, 7) is 3.97. The van der Waals surface area contributed by atoms with Crippen LogP contribution in [0.3, 0.4) is 0 Å². The number of nitrogens with one attached hydrogen (secondary N) is 1. The van der Waals surface area contributed by atoms with E-state index in [0.29, 0.717) is 0 Å². The molecule has 0 spiro atoms. The lowest BCUT2D eigenvalue weighted by Crippen LogP contribution is -2.27. The molecule has 108 valence electrons. The first-order valence-electron chi connectivity index (χ1n) is 7.31. The van der Waals surface area contributed by atoms with Gasteiger partial charge in [-0.15, -0.1) is 0 Å². The molecule has 0 radical (unpaired) electrons. The van der Waals surface area contributed by atoms with Crippen molar-refractivity contribution in [2.45, 2.75) is 32.7 Å². The molecule has 2 aromatic rings. The van der Waals surface area contributed by atoms with Gasteiger partial charge in [-0.25, -0.2) is 0 Å². The second-order valence-electron chi connectivity index (χ2n) is 5.84. The summed E-state index contributed by atoms with van der Waals surface area (Å²) in [4.78, 5) is 12.5. The molecule has 3 heteroatoms. The fourth-order valence-corrected chi connectivity index (χ4v) is 3.00. The molecule has 3 N–H and O–H groups in total. The standard InChI is InChI=1S/C18H20N2O/c1-11-3-4-12(2)16(9-11)18(21)20-17-8-5-13-10-14(19)6-7-15(13)17/h3-4,6-7,9-10,17H,5,8,19H2,1-2H3,(H,20,21). The highest BCUT2D eigenvalue weighted by atomic mass is 16.1. The van der Waals surface area contributed by atoms with Gasteiger partial charge in [0.25, 0.3) is 5.91 Å². The van der Waals surface area contributed by atoms with E-state index in [1.165, 1.54) is 11.1 Å². The first-order valence-corrected chi connectivity index (χ1v) is 7.31. The third kappa shape index (κ3) is 2.64. The highest BCUT2D eigenvalue weighted by Crippen LogP contribution is 2.32. The number of carbonyl (C=O) groups is 1. The van der Waals surface area contributed by atoms with Crippen LogP contribution in [0.4, 0.5) is 5.69 Å². The second-order valence-corrected chi connectivity index (χ2v) is 5.84. The van der Waals surface area contributed by atoms with Crippen molar-refractivity contribution in [3.05, 3.63) is 64.2 Å². The van der Waals surface area contributed by atoms with Gasteiger partial charge in [0, 0.05) is 11.3 Å². The Bertz CT molecular complexity index is 706. The van der Waals surface area contributed by atoms with Crippen LogP contribution in [0.15, 0.2) is 36.4 Å². The third-order valence-corrected chi connectivity index (χ3v) is 4.19. The van der Waals surface area contributed by atoms with Crippen LogP contribution >= 0.6 is 0 Å². The number of aryl methyl sites for hydroxylation is 3. The van der Waals surface area contributed by atoms with E-state index in [4.69, 9.17) is 5.73 Å². The molecule has 1 aliphatic rings. The molecule has 3 nitrogen and oxygen atoms in total. The van der Waals surface area contributed by atoms with E-state index in [1.807, 2.05) is 50.2 Å². The van der Waals surface area contributed by atoms with Crippen LogP contribution in [0.5, 0.6) is 0 Å². The van der Waals surface area contributed by atoms with Crippen LogP contribution in [-0.2, 0) is 6.42 Å². The number of fused-ring (bicyclic) bond motifs is 1. The molecule has 0 saturated carbocycles. The van der Waals surface area contributed by atoms with Crippen LogP contribution in [0.25, 0.3) is 0 Å². The van der Waals surface area contributed by atoms with E-state index in [2.05, 4.69) is 5.32 Å². The SMILES string of the molecule is Cc1ccc(C)c(C(=O)NC2CCc3cc(N)ccc32)c1. The molecule has 0 aromatic heterocycles. The molecule has 0 bridgehead atoms. The minimum absolute atomic E-state index is 0.00544. The minimum atomic E-state index is 0.00544. The Kier molecular flexibility index (Phi) is 3.42. The molecule has 21 heavy (non-hydrogen) atoms. The molecular weight excluding hydrogens is 260 g/mol. The molecule has 0 aliphatic heterocycles. The van der Waals surface area contributed by atoms with Gasteiger partial charge in [-0.05, 0) is 61.6 Å². The van der Waals surface area contributed by atoms with Gasteiger partial charge in [0.05, 0.1) is 6.04 Å². The summed E-state index contributed by atoms with van der Waals surface area (Å²) in [6.07, 6.45) is 1.91. The highest BCUT2D eigenvalue weighted by Gasteiger charge is 2.24. The van der Waals surface area contributed by atoms with Gasteiger partial charge < -0.3 is 11.1 Å². The van der Waals surface area contributed by atoms with Gasteiger partial charge in [-0.2, -0.15) is 0 Å². The van der Waals surface area contributed by atoms with Gasteiger partial charge in [0.15, 0.2) is 0 Å². The summed E-state index contributed by atoms with van der Waals surface area (Å²) in [7, 11) is 0. The zero-order valence-corrected chi connectivity index (χ0v) is 12.4. The molecule has 1 aliphatic carbocycles. The predicted octanol–water partition coefficient (Wildman–Crippen LogP) is 3.30. The van der Waals surface area contributed by atoms with Crippen LogP contribution in [-0.4, -0.2) is 5.91 Å². The third-order valence-electron chi connectivity index (χ3n) is 4.19. The number of anilines is 1. The number of rotatable bonds is 2. The molecule has 0 heterocycles. The monoisotopic (exact) mass is 280 g/mol. The van der Waals surface area contributed by atoms with Crippen LogP contribution in [0, 0.1) is 13.8 Å². The summed E-state index contributed by atoms with van der Waals surface area (Å²) in [5.41, 5.74) is 11.9. The van der Waals surface area contributed by atoms with Gasteiger partial charge >= 0.3 is 0 Å². The van der Waals surface area contributed by atoms with Crippen LogP contribution in [0.1, 0.15) is 45.1 Å². The lowest BCUT2D eigenvalue weighted by Gasteiger charge is -2.15. The quantitative estimate of drug-likeness (QED) is 0.829. The zero-order chi connectivity index (χ0) is 15.0. The van der Waals surface area contributed by atoms with E-state index >= 15 is 0 Å². The summed E-state index contributed by atoms with van der Waals surface area (Å²) in [6, 6.07) is 12.0. The van der Waals surface area contributed by atoms with Gasteiger partial charge in [0.1, 0.15) is 0 Å². The number of nitrogen functional groups attached to an aromatic ring is 1. The average Bonchev–Trinajstić information content (AvgIpc) is 2.83. The van der Waals surface area contributed by atoms with Crippen LogP contribution < -0.4 is 11.1 Å². The van der Waals surface area contributed by atoms with Crippen molar-refractivity contribution >= 4 is 11.6 Å². The molecule has 1 atom stereocenters. The van der Waals surface area contributed by atoms with Crippen molar-refractivity contribution in [1.29, 1.82) is 0 Å². The van der Waals surface area contributed by atoms with Crippen molar-refractivity contribution in [2.24, 2.45) is 0 Å². The van der Waals surface area contributed by atoms with Gasteiger partial charge in [-0.1, -0.05) is 23.8 Å². The highest BCUT2D eigenvalue weighted by molar-refractivity contribution is 5.96. The maximum Gasteiger partial charge on any atom is 0.252 e. The summed E-state index contributed by atoms with van der Waals surface area (Å²) >= 11 is 0. The van der Waals surface area contributed by atoms with Crippen molar-refractivity contribution in [2.75, 3.05) is 5.73 Å². The molecular formula is C18H20N2O. The van der Waals surface area contributed by atoms with E-state index in [9.17, 15) is 4.79 Å². The summed E-state index contributed by atoms with van der Waals surface area (Å²) in [5, 5.41) is 3.16. The average molecular weight is 280 g/mol. The largest absolute Gasteiger partial charge is 0.399 e. The van der Waals surface area contributed by atoms with E-state index in [1.54, 1.807) is 0 Å². The van der Waals surface area contributed by atoms with Crippen molar-refractivity contribution in [3.63, 3.8) is 0 Å². The van der Waals surface area contributed by atoms with E-state index in [-0.39, 0.29) is 11.9 Å². The van der Waals surface area contributed by atoms with Crippen molar-refractivity contribution in [1.82, 2.24) is 5.32 Å². The van der Waals surface area contributed by atoms with Gasteiger partial charge in [0.2, 0.25) is 0 Å². The smallest absolute Gasteiger partial charge is 0.252 e. The Morgan fingerprint density at radius 2 is 2.00 bits per heavy atom. The first-order chi connectivity index (χ1) is 10.0.